The van der Waals surface area contributed by atoms with Gasteiger partial charge in [-0.1, -0.05) is 0 Å². The molecule has 0 aromatic heterocycles. The molecule has 0 radical (unpaired) electrons. The molecule has 0 saturated carbocycles. The van der Waals surface area contributed by atoms with Crippen molar-refractivity contribution in [1.29, 1.82) is 0 Å². The highest BCUT2D eigenvalue weighted by molar-refractivity contribution is 7.90. The first-order chi connectivity index (χ1) is 7.08. The Morgan fingerprint density at radius 2 is 1.88 bits per heavy atom. The van der Waals surface area contributed by atoms with Crippen LogP contribution in [0.2, 0.25) is 0 Å². The lowest BCUT2D eigenvalue weighted by molar-refractivity contribution is -0.180. The van der Waals surface area contributed by atoms with E-state index < -0.39 is 22.1 Å². The molecule has 4 nitrogen and oxygen atoms in total. The summed E-state index contributed by atoms with van der Waals surface area (Å²) in [4.78, 5) is 0.980. The molecule has 0 aromatic carbocycles. The Balaban J connectivity index is 4.45. The van der Waals surface area contributed by atoms with E-state index >= 15 is 0 Å². The normalized spacial score (nSPS) is 15.4. The van der Waals surface area contributed by atoms with Crippen molar-refractivity contribution in [3.63, 3.8) is 0 Å². The van der Waals surface area contributed by atoms with E-state index in [9.17, 15) is 21.6 Å². The van der Waals surface area contributed by atoms with Gasteiger partial charge < -0.3 is 5.73 Å². The third kappa shape index (κ3) is 6.29. The number of sulfone groups is 1. The van der Waals surface area contributed by atoms with Gasteiger partial charge in [0.25, 0.3) is 0 Å². The SMILES string of the molecule is CN(CCS(C)(=O)=O)C(CCN)C(F)(F)F. The molecule has 0 bridgehead atoms. The summed E-state index contributed by atoms with van der Waals surface area (Å²) >= 11 is 0. The lowest BCUT2D eigenvalue weighted by Gasteiger charge is -2.29. The fraction of sp³-hybridized carbons (Fsp3) is 1.00. The van der Waals surface area contributed by atoms with E-state index in [1.807, 2.05) is 0 Å². The Hall–Kier alpha value is -0.340. The number of hydrogen-bond donors (Lipinski definition) is 1. The lowest BCUT2D eigenvalue weighted by atomic mass is 10.2. The molecule has 0 aromatic rings. The second-order valence-electron chi connectivity index (χ2n) is 3.75. The van der Waals surface area contributed by atoms with E-state index in [1.165, 1.54) is 7.05 Å². The number of nitrogens with zero attached hydrogens (tertiary/aromatic N) is 1. The van der Waals surface area contributed by atoms with E-state index in [0.717, 1.165) is 11.2 Å². The number of hydrogen-bond acceptors (Lipinski definition) is 4. The van der Waals surface area contributed by atoms with E-state index in [1.54, 1.807) is 0 Å². The van der Waals surface area contributed by atoms with Gasteiger partial charge in [-0.05, 0) is 20.0 Å². The van der Waals surface area contributed by atoms with Crippen LogP contribution in [-0.2, 0) is 9.84 Å². The predicted molar refractivity (Wildman–Crippen MR) is 55.9 cm³/mol. The molecule has 98 valence electrons. The Labute approximate surface area is 93.5 Å². The molecule has 16 heavy (non-hydrogen) atoms. The molecular formula is C8H17F3N2O2S. The zero-order valence-corrected chi connectivity index (χ0v) is 10.1. The minimum Gasteiger partial charge on any atom is -0.330 e. The maximum atomic E-state index is 12.5. The molecule has 1 atom stereocenters. The molecule has 0 aliphatic carbocycles. The van der Waals surface area contributed by atoms with Crippen LogP contribution in [0.1, 0.15) is 6.42 Å². The van der Waals surface area contributed by atoms with Crippen LogP contribution >= 0.6 is 0 Å². The summed E-state index contributed by atoms with van der Waals surface area (Å²) in [7, 11) is -2.00. The van der Waals surface area contributed by atoms with Gasteiger partial charge in [-0.15, -0.1) is 0 Å². The highest BCUT2D eigenvalue weighted by Gasteiger charge is 2.41. The smallest absolute Gasteiger partial charge is 0.330 e. The van der Waals surface area contributed by atoms with Crippen LogP contribution in [0.4, 0.5) is 13.2 Å². The van der Waals surface area contributed by atoms with Crippen LogP contribution < -0.4 is 5.73 Å². The number of alkyl halides is 3. The number of rotatable bonds is 6. The molecule has 0 spiro atoms. The molecule has 0 saturated heterocycles. The first kappa shape index (κ1) is 15.7. The zero-order chi connectivity index (χ0) is 13.0. The van der Waals surface area contributed by atoms with Crippen LogP contribution in [0, 0.1) is 0 Å². The number of nitrogens with two attached hydrogens (primary N) is 1. The van der Waals surface area contributed by atoms with E-state index in [4.69, 9.17) is 5.73 Å². The largest absolute Gasteiger partial charge is 0.404 e. The topological polar surface area (TPSA) is 63.4 Å². The van der Waals surface area contributed by atoms with Crippen LogP contribution in [0.3, 0.4) is 0 Å². The molecular weight excluding hydrogens is 245 g/mol. The van der Waals surface area contributed by atoms with Gasteiger partial charge in [-0.3, -0.25) is 4.90 Å². The molecule has 1 unspecified atom stereocenters. The lowest BCUT2D eigenvalue weighted by Crippen LogP contribution is -2.46. The molecule has 2 N–H and O–H groups in total. The molecule has 0 amide bonds. The minimum atomic E-state index is -4.38. The van der Waals surface area contributed by atoms with E-state index in [0.29, 0.717) is 0 Å². The molecule has 0 aliphatic heterocycles. The highest BCUT2D eigenvalue weighted by Crippen LogP contribution is 2.26. The van der Waals surface area contributed by atoms with Crippen LogP contribution in [0.25, 0.3) is 0 Å². The summed E-state index contributed by atoms with van der Waals surface area (Å²) in [5.74, 6) is -0.291. The van der Waals surface area contributed by atoms with Crippen molar-refractivity contribution in [3.8, 4) is 0 Å². The maximum Gasteiger partial charge on any atom is 0.404 e. The van der Waals surface area contributed by atoms with Crippen molar-refractivity contribution >= 4 is 9.84 Å². The van der Waals surface area contributed by atoms with Gasteiger partial charge in [0.1, 0.15) is 15.9 Å². The van der Waals surface area contributed by atoms with Crippen molar-refractivity contribution in [3.05, 3.63) is 0 Å². The summed E-state index contributed by atoms with van der Waals surface area (Å²) < 4.78 is 59.3. The molecule has 0 fully saturated rings. The summed E-state index contributed by atoms with van der Waals surface area (Å²) in [5, 5.41) is 0. The Bertz CT molecular complexity index is 303. The Morgan fingerprint density at radius 3 is 2.19 bits per heavy atom. The monoisotopic (exact) mass is 262 g/mol. The summed E-state index contributed by atoms with van der Waals surface area (Å²) in [6, 6.07) is -1.68. The van der Waals surface area contributed by atoms with Crippen molar-refractivity contribution in [2.45, 2.75) is 18.6 Å². The van der Waals surface area contributed by atoms with Crippen molar-refractivity contribution in [2.24, 2.45) is 5.73 Å². The third-order valence-corrected chi connectivity index (χ3v) is 3.09. The standard InChI is InChI=1S/C8H17F3N2O2S/c1-13(5-6-16(2,14)15)7(3-4-12)8(9,10)11/h7H,3-6,12H2,1-2H3. The van der Waals surface area contributed by atoms with Crippen molar-refractivity contribution in [2.75, 3.05) is 32.1 Å². The van der Waals surface area contributed by atoms with Gasteiger partial charge in [0.15, 0.2) is 0 Å². The highest BCUT2D eigenvalue weighted by atomic mass is 32.2. The Morgan fingerprint density at radius 1 is 1.38 bits per heavy atom. The minimum absolute atomic E-state index is 0.0899. The summed E-state index contributed by atoms with van der Waals surface area (Å²) in [6.45, 7) is -0.240. The van der Waals surface area contributed by atoms with Crippen LogP contribution in [0.5, 0.6) is 0 Å². The fourth-order valence-electron chi connectivity index (χ4n) is 1.26. The van der Waals surface area contributed by atoms with E-state index in [-0.39, 0.29) is 25.3 Å². The molecule has 8 heteroatoms. The third-order valence-electron chi connectivity index (χ3n) is 2.16. The van der Waals surface area contributed by atoms with Gasteiger partial charge in [0.2, 0.25) is 0 Å². The van der Waals surface area contributed by atoms with Crippen molar-refractivity contribution in [1.82, 2.24) is 4.90 Å². The quantitative estimate of drug-likeness (QED) is 0.745. The van der Waals surface area contributed by atoms with Gasteiger partial charge >= 0.3 is 6.18 Å². The predicted octanol–water partition coefficient (Wildman–Crippen LogP) is 0.243. The van der Waals surface area contributed by atoms with Gasteiger partial charge in [0.05, 0.1) is 5.75 Å². The summed E-state index contributed by atoms with van der Waals surface area (Å²) in [6.07, 6.45) is -3.62. The average Bonchev–Trinajstić information content (AvgIpc) is 2.07. The van der Waals surface area contributed by atoms with Gasteiger partial charge in [-0.25, -0.2) is 8.42 Å². The average molecular weight is 262 g/mol. The van der Waals surface area contributed by atoms with Gasteiger partial charge in [0, 0.05) is 12.8 Å². The van der Waals surface area contributed by atoms with Crippen molar-refractivity contribution < 1.29 is 21.6 Å². The molecule has 0 rings (SSSR count). The molecule has 0 heterocycles. The first-order valence-electron chi connectivity index (χ1n) is 4.72. The second kappa shape index (κ2) is 5.83. The van der Waals surface area contributed by atoms with E-state index in [2.05, 4.69) is 0 Å². The zero-order valence-electron chi connectivity index (χ0n) is 9.29. The maximum absolute atomic E-state index is 12.5. The van der Waals surface area contributed by atoms with Crippen LogP contribution in [-0.4, -0.2) is 57.7 Å². The fourth-order valence-corrected chi connectivity index (χ4v) is 1.88. The summed E-state index contributed by atoms with van der Waals surface area (Å²) in [5.41, 5.74) is 5.10. The number of halogens is 3. The Kier molecular flexibility index (Phi) is 5.71. The van der Waals surface area contributed by atoms with Crippen LogP contribution in [0.15, 0.2) is 0 Å². The first-order valence-corrected chi connectivity index (χ1v) is 6.78. The van der Waals surface area contributed by atoms with Gasteiger partial charge in [-0.2, -0.15) is 13.2 Å². The molecule has 0 aliphatic rings. The second-order valence-corrected chi connectivity index (χ2v) is 6.00.